The van der Waals surface area contributed by atoms with Crippen LogP contribution < -0.4 is 41.0 Å². The summed E-state index contributed by atoms with van der Waals surface area (Å²) in [5.41, 5.74) is 11.6. The van der Waals surface area contributed by atoms with Gasteiger partial charge in [0.25, 0.3) is 0 Å². The summed E-state index contributed by atoms with van der Waals surface area (Å²) in [4.78, 5) is 82.1. The molecule has 4 rings (SSSR count). The summed E-state index contributed by atoms with van der Waals surface area (Å²) in [5, 5.41) is 23.3. The Kier molecular flexibility index (Phi) is 32.4. The number of aliphatic hydroxyl groups is 2. The number of rotatable bonds is 25. The number of nitrogens with one attached hydrogen (secondary N) is 2. The summed E-state index contributed by atoms with van der Waals surface area (Å²) < 4.78 is 101. The Balaban J connectivity index is 0.000000548. The molecule has 0 aliphatic carbocycles. The number of likely N-dealkylation sites (N-methyl/N-ethyl adjacent to an activating group) is 6. The third-order valence-corrected chi connectivity index (χ3v) is 10.9. The molecule has 0 aliphatic rings. The normalized spacial score (nSPS) is 10.8. The number of alkyl carbamates (subject to hydrolysis) is 2. The lowest BCUT2D eigenvalue weighted by molar-refractivity contribution is 0.0887. The first-order valence-electron chi connectivity index (χ1n) is 25.6. The molecule has 4 aromatic carbocycles. The summed E-state index contributed by atoms with van der Waals surface area (Å²) in [5.74, 6) is -12.4. The van der Waals surface area contributed by atoms with Gasteiger partial charge in [0.1, 0.15) is 37.1 Å². The second kappa shape index (κ2) is 37.9. The minimum Gasteiger partial charge on any atom is -0.445 e. The molecule has 0 bridgehead atoms. The molecule has 0 unspecified atom stereocenters. The molecule has 0 heterocycles. The van der Waals surface area contributed by atoms with E-state index in [9.17, 15) is 55.8 Å². The van der Waals surface area contributed by atoms with Crippen molar-refractivity contribution in [2.45, 2.75) is 32.0 Å². The fraction of sp³-hybridized carbons (Fsp3) is 0.444. The average molecular weight is 1200 g/mol. The fourth-order valence-corrected chi connectivity index (χ4v) is 5.72. The molecule has 8 N–H and O–H groups in total. The molecule has 84 heavy (non-hydrogen) atoms. The Labute approximate surface area is 483 Å². The number of carbonyl (C=O) groups excluding carboxylic acids is 6. The van der Waals surface area contributed by atoms with Crippen LogP contribution in [0.25, 0.3) is 0 Å². The van der Waals surface area contributed by atoms with Crippen LogP contribution in [0.4, 0.5) is 50.7 Å². The Hall–Kier alpha value is -8.13. The lowest BCUT2D eigenvalue weighted by Gasteiger charge is -2.19. The first-order valence-corrected chi connectivity index (χ1v) is 25.6. The standard InChI is InChI=1S/C31H46N6O9.C20H19F5N2O5.C3H10N2O/c1-34(2)15-17-36(5)30(41)45-26-11-7-23(8-12-26)21-43-28(39)32-19-25(38)20-33-29(40)44-22-24-9-13-27(14-10-24)46-31(42)37(6)18-16-35(3)4;1-26(2)8-9-27(3)19(28)31-12-6-4-11(5-7-12)10-30-20(29)32-18-16(24)14(22)13(21)15(23)17(18)25;4-1-3(6)2-5/h7-14,25,38H,15-22H2,1-6H3,(H,32,39)(H,33,40);4-7H,8-10H2,1-3H3;3,6H,1-2,4-5H2. The van der Waals surface area contributed by atoms with E-state index in [1.165, 1.54) is 39.0 Å². The van der Waals surface area contributed by atoms with Crippen molar-refractivity contribution in [1.29, 1.82) is 0 Å². The second-order valence-electron chi connectivity index (χ2n) is 18.9. The zero-order chi connectivity index (χ0) is 63.1. The van der Waals surface area contributed by atoms with Gasteiger partial charge in [0, 0.05) is 86.6 Å². The maximum Gasteiger partial charge on any atom is 0.514 e. The molecule has 0 aromatic heterocycles. The van der Waals surface area contributed by atoms with Gasteiger partial charge in [-0.25, -0.2) is 41.9 Å². The lowest BCUT2D eigenvalue weighted by Crippen LogP contribution is -2.40. The smallest absolute Gasteiger partial charge is 0.445 e. The molecule has 0 saturated carbocycles. The Bertz CT molecular complexity index is 2560. The molecule has 0 atom stereocenters. The van der Waals surface area contributed by atoms with Crippen molar-refractivity contribution in [3.05, 3.63) is 119 Å². The van der Waals surface area contributed by atoms with Crippen molar-refractivity contribution >= 4 is 36.6 Å². The molecule has 0 aliphatic heterocycles. The van der Waals surface area contributed by atoms with Gasteiger partial charge >= 0.3 is 36.6 Å². The highest BCUT2D eigenvalue weighted by molar-refractivity contribution is 5.72. The van der Waals surface area contributed by atoms with Crippen LogP contribution in [0.1, 0.15) is 16.7 Å². The number of amides is 5. The number of nitrogens with zero attached hydrogens (tertiary/aromatic N) is 6. The van der Waals surface area contributed by atoms with Gasteiger partial charge in [-0.15, -0.1) is 0 Å². The topological polar surface area (TPSA) is 303 Å². The molecule has 25 nitrogen and oxygen atoms in total. The molecule has 0 fully saturated rings. The largest absolute Gasteiger partial charge is 0.514 e. The lowest BCUT2D eigenvalue weighted by atomic mass is 10.2. The van der Waals surface area contributed by atoms with E-state index in [0.29, 0.717) is 67.5 Å². The number of carbonyl (C=O) groups is 6. The van der Waals surface area contributed by atoms with Gasteiger partial charge in [-0.3, -0.25) is 0 Å². The first-order chi connectivity index (χ1) is 39.6. The van der Waals surface area contributed by atoms with E-state index >= 15 is 0 Å². The van der Waals surface area contributed by atoms with Crippen molar-refractivity contribution in [2.24, 2.45) is 11.5 Å². The number of halogens is 5. The Morgan fingerprint density at radius 1 is 0.429 bits per heavy atom. The van der Waals surface area contributed by atoms with Crippen LogP contribution in [0.2, 0.25) is 0 Å². The third-order valence-electron chi connectivity index (χ3n) is 10.9. The molecule has 0 saturated heterocycles. The number of aliphatic hydroxyl groups excluding tert-OH is 2. The van der Waals surface area contributed by atoms with E-state index in [-0.39, 0.29) is 45.1 Å². The van der Waals surface area contributed by atoms with Crippen LogP contribution in [0, 0.1) is 29.1 Å². The minimum absolute atomic E-state index is 0.0410. The van der Waals surface area contributed by atoms with Crippen molar-refractivity contribution in [3.8, 4) is 23.0 Å². The SMILES string of the molecule is CN(C)CCN(C)C(=O)Oc1ccc(COC(=O)NCC(O)CNC(=O)OCc2ccc(OC(=O)N(C)CCN(C)C)cc2)cc1.CN(C)CCN(C)C(=O)Oc1ccc(COC(=O)Oc2c(F)c(F)c(F)c(F)c2F)cc1.NCC(O)CN. The zero-order valence-corrected chi connectivity index (χ0v) is 48.2. The van der Waals surface area contributed by atoms with Crippen LogP contribution in [-0.4, -0.2) is 217 Å². The maximum absolute atomic E-state index is 13.5. The van der Waals surface area contributed by atoms with E-state index in [1.54, 1.807) is 69.7 Å². The summed E-state index contributed by atoms with van der Waals surface area (Å²) >= 11 is 0. The van der Waals surface area contributed by atoms with Gasteiger partial charge < -0.3 is 94.9 Å². The molecule has 0 spiro atoms. The van der Waals surface area contributed by atoms with Crippen LogP contribution in [-0.2, 0) is 34.0 Å². The first kappa shape index (κ1) is 72.0. The van der Waals surface area contributed by atoms with E-state index in [2.05, 4.69) is 20.1 Å². The number of hydrogen-bond acceptors (Lipinski definition) is 20. The Morgan fingerprint density at radius 3 is 0.988 bits per heavy atom. The number of ether oxygens (including phenoxy) is 7. The van der Waals surface area contributed by atoms with Crippen LogP contribution >= 0.6 is 0 Å². The van der Waals surface area contributed by atoms with Gasteiger partial charge in [-0.05, 0) is 95.4 Å². The molecular formula is C54H75F5N10O15. The highest BCUT2D eigenvalue weighted by Crippen LogP contribution is 2.29. The molecule has 4 aromatic rings. The van der Waals surface area contributed by atoms with E-state index in [1.807, 2.05) is 57.0 Å². The molecule has 466 valence electrons. The second-order valence-corrected chi connectivity index (χ2v) is 18.9. The quantitative estimate of drug-likeness (QED) is 0.0133. The molecule has 0 radical (unpaired) electrons. The predicted molar refractivity (Wildman–Crippen MR) is 294 cm³/mol. The number of nitrogens with two attached hydrogens (primary N) is 2. The van der Waals surface area contributed by atoms with Crippen molar-refractivity contribution in [1.82, 2.24) is 40.0 Å². The summed E-state index contributed by atoms with van der Waals surface area (Å²) in [6, 6.07) is 18.7. The van der Waals surface area contributed by atoms with Gasteiger partial charge in [0.15, 0.2) is 0 Å². The van der Waals surface area contributed by atoms with Crippen molar-refractivity contribution in [2.75, 3.05) is 129 Å². The maximum atomic E-state index is 13.5. The van der Waals surface area contributed by atoms with Crippen LogP contribution in [0.15, 0.2) is 72.8 Å². The summed E-state index contributed by atoms with van der Waals surface area (Å²) in [7, 11) is 16.3. The highest BCUT2D eigenvalue weighted by Gasteiger charge is 2.29. The van der Waals surface area contributed by atoms with Crippen molar-refractivity contribution in [3.63, 3.8) is 0 Å². The molecular weight excluding hydrogens is 1120 g/mol. The number of hydrogen-bond donors (Lipinski definition) is 6. The van der Waals surface area contributed by atoms with Gasteiger partial charge in [-0.1, -0.05) is 36.4 Å². The van der Waals surface area contributed by atoms with E-state index in [0.717, 1.165) is 0 Å². The average Bonchev–Trinajstić information content (AvgIpc) is 3.63. The molecule has 5 amide bonds. The highest BCUT2D eigenvalue weighted by atomic mass is 19.2. The summed E-state index contributed by atoms with van der Waals surface area (Å²) in [6.07, 6.45) is -6.33. The van der Waals surface area contributed by atoms with Gasteiger partial charge in [-0.2, -0.15) is 8.78 Å². The minimum atomic E-state index is -2.38. The van der Waals surface area contributed by atoms with Crippen molar-refractivity contribution < 1.29 is 94.1 Å². The third kappa shape index (κ3) is 28.2. The Morgan fingerprint density at radius 2 is 0.714 bits per heavy atom. The van der Waals surface area contributed by atoms with Crippen LogP contribution in [0.5, 0.6) is 23.0 Å². The van der Waals surface area contributed by atoms with Gasteiger partial charge in [0.2, 0.25) is 34.8 Å². The predicted octanol–water partition coefficient (Wildman–Crippen LogP) is 4.54. The van der Waals surface area contributed by atoms with Crippen LogP contribution in [0.3, 0.4) is 0 Å². The number of benzene rings is 4. The molecule has 30 heteroatoms. The van der Waals surface area contributed by atoms with E-state index in [4.69, 9.17) is 40.3 Å². The fourth-order valence-electron chi connectivity index (χ4n) is 5.72. The van der Waals surface area contributed by atoms with Gasteiger partial charge in [0.05, 0.1) is 12.2 Å². The zero-order valence-electron chi connectivity index (χ0n) is 48.2. The summed E-state index contributed by atoms with van der Waals surface area (Å²) in [6.45, 7) is 3.20. The van der Waals surface area contributed by atoms with E-state index < -0.39 is 90.3 Å². The monoisotopic (exact) mass is 1200 g/mol.